The summed E-state index contributed by atoms with van der Waals surface area (Å²) in [6, 6.07) is 10.9. The number of fused-ring (bicyclic) bond motifs is 1. The molecule has 1 nitrogen and oxygen atoms in total. The minimum atomic E-state index is 0. The van der Waals surface area contributed by atoms with E-state index in [1.54, 1.807) is 0 Å². The van der Waals surface area contributed by atoms with Crippen LogP contribution in [0.1, 0.15) is 11.1 Å². The van der Waals surface area contributed by atoms with Crippen molar-refractivity contribution in [2.45, 2.75) is 13.3 Å². The van der Waals surface area contributed by atoms with Crippen LogP contribution in [0.3, 0.4) is 0 Å². The summed E-state index contributed by atoms with van der Waals surface area (Å²) >= 11 is 0. The van der Waals surface area contributed by atoms with Crippen LogP contribution < -0.4 is 5.32 Å². The SMILES string of the molecule is CNCCc1c(C)[cH-]c2ccccc12.[Y]. The van der Waals surface area contributed by atoms with E-state index in [1.807, 2.05) is 7.05 Å². The van der Waals surface area contributed by atoms with E-state index in [0.29, 0.717) is 0 Å². The van der Waals surface area contributed by atoms with Crippen molar-refractivity contribution in [3.8, 4) is 0 Å². The summed E-state index contributed by atoms with van der Waals surface area (Å²) < 4.78 is 0. The molecule has 0 unspecified atom stereocenters. The number of benzene rings is 1. The maximum Gasteiger partial charge on any atom is 0 e. The first-order valence-electron chi connectivity index (χ1n) is 5.11. The molecule has 0 bridgehead atoms. The first-order valence-corrected chi connectivity index (χ1v) is 5.11. The van der Waals surface area contributed by atoms with Crippen LogP contribution in [-0.2, 0) is 39.1 Å². The summed E-state index contributed by atoms with van der Waals surface area (Å²) in [5.41, 5.74) is 2.91. The molecule has 0 aromatic heterocycles. The van der Waals surface area contributed by atoms with Crippen molar-refractivity contribution in [2.75, 3.05) is 13.6 Å². The monoisotopic (exact) mass is 275 g/mol. The van der Waals surface area contributed by atoms with Crippen molar-refractivity contribution in [3.05, 3.63) is 41.5 Å². The van der Waals surface area contributed by atoms with E-state index in [2.05, 4.69) is 42.6 Å². The molecule has 0 fully saturated rings. The van der Waals surface area contributed by atoms with Crippen LogP contribution in [0.25, 0.3) is 10.8 Å². The zero-order valence-electron chi connectivity index (χ0n) is 9.38. The second kappa shape index (κ2) is 5.84. The minimum Gasteiger partial charge on any atom is -0.320 e. The van der Waals surface area contributed by atoms with Gasteiger partial charge < -0.3 is 5.32 Å². The molecule has 77 valence electrons. The Hall–Kier alpha value is -0.106. The number of rotatable bonds is 3. The normalized spacial score (nSPS) is 10.3. The van der Waals surface area contributed by atoms with Crippen molar-refractivity contribution in [1.29, 1.82) is 0 Å². The van der Waals surface area contributed by atoms with Crippen LogP contribution >= 0.6 is 0 Å². The van der Waals surface area contributed by atoms with Gasteiger partial charge in [0.2, 0.25) is 0 Å². The average molecular weight is 275 g/mol. The van der Waals surface area contributed by atoms with E-state index in [0.717, 1.165) is 13.0 Å². The van der Waals surface area contributed by atoms with Crippen LogP contribution in [0.4, 0.5) is 0 Å². The Balaban J connectivity index is 0.00000112. The topological polar surface area (TPSA) is 12.0 Å². The molecule has 0 spiro atoms. The molecular formula is C13H16NY-. The van der Waals surface area contributed by atoms with E-state index >= 15 is 0 Å². The Morgan fingerprint density at radius 2 is 2.00 bits per heavy atom. The molecule has 0 saturated carbocycles. The van der Waals surface area contributed by atoms with Crippen LogP contribution in [0.2, 0.25) is 0 Å². The van der Waals surface area contributed by atoms with Crippen molar-refractivity contribution < 1.29 is 32.7 Å². The van der Waals surface area contributed by atoms with Crippen molar-refractivity contribution in [1.82, 2.24) is 5.32 Å². The van der Waals surface area contributed by atoms with E-state index in [1.165, 1.54) is 21.9 Å². The molecule has 2 heteroatoms. The predicted octanol–water partition coefficient (Wildman–Crippen LogP) is 2.63. The molecule has 0 aliphatic carbocycles. The molecule has 2 rings (SSSR count). The maximum absolute atomic E-state index is 3.20. The third-order valence-corrected chi connectivity index (χ3v) is 2.76. The minimum absolute atomic E-state index is 0. The Kier molecular flexibility index (Phi) is 5.04. The molecular weight excluding hydrogens is 259 g/mol. The third-order valence-electron chi connectivity index (χ3n) is 2.76. The fraction of sp³-hybridized carbons (Fsp3) is 0.308. The first-order chi connectivity index (χ1) is 6.83. The van der Waals surface area contributed by atoms with Gasteiger partial charge in [0, 0.05) is 32.7 Å². The van der Waals surface area contributed by atoms with Gasteiger partial charge in [-0.05, 0) is 13.6 Å². The molecule has 1 radical (unpaired) electrons. The van der Waals surface area contributed by atoms with Gasteiger partial charge in [-0.3, -0.25) is 0 Å². The van der Waals surface area contributed by atoms with E-state index in [9.17, 15) is 0 Å². The van der Waals surface area contributed by atoms with Crippen molar-refractivity contribution in [3.63, 3.8) is 0 Å². The van der Waals surface area contributed by atoms with Crippen LogP contribution in [-0.4, -0.2) is 13.6 Å². The fourth-order valence-electron chi connectivity index (χ4n) is 2.01. The van der Waals surface area contributed by atoms with E-state index < -0.39 is 0 Å². The van der Waals surface area contributed by atoms with Gasteiger partial charge in [-0.1, -0.05) is 19.4 Å². The van der Waals surface area contributed by atoms with Crippen LogP contribution in [0.5, 0.6) is 0 Å². The summed E-state index contributed by atoms with van der Waals surface area (Å²) in [6.07, 6.45) is 1.12. The Morgan fingerprint density at radius 1 is 1.27 bits per heavy atom. The molecule has 1 N–H and O–H groups in total. The third kappa shape index (κ3) is 2.72. The number of aryl methyl sites for hydroxylation is 1. The quantitative estimate of drug-likeness (QED) is 0.849. The standard InChI is InChI=1S/C13H16N.Y/c1-10-9-11-5-3-4-6-13(11)12(10)7-8-14-2;/h3-6,9,14H,7-8H2,1-2H3;/q-1;. The fourth-order valence-corrected chi connectivity index (χ4v) is 2.01. The summed E-state index contributed by atoms with van der Waals surface area (Å²) in [4.78, 5) is 0. The molecule has 2 aromatic carbocycles. The molecule has 0 heterocycles. The zero-order chi connectivity index (χ0) is 9.97. The summed E-state index contributed by atoms with van der Waals surface area (Å²) in [5.74, 6) is 0. The van der Waals surface area contributed by atoms with Crippen LogP contribution in [0, 0.1) is 6.92 Å². The van der Waals surface area contributed by atoms with E-state index in [-0.39, 0.29) is 32.7 Å². The summed E-state index contributed by atoms with van der Waals surface area (Å²) in [6.45, 7) is 3.25. The van der Waals surface area contributed by atoms with E-state index in [4.69, 9.17) is 0 Å². The maximum atomic E-state index is 3.20. The largest absolute Gasteiger partial charge is 0.320 e. The molecule has 0 aliphatic rings. The summed E-state index contributed by atoms with van der Waals surface area (Å²) in [5, 5.41) is 5.99. The van der Waals surface area contributed by atoms with Gasteiger partial charge in [0.1, 0.15) is 0 Å². The van der Waals surface area contributed by atoms with Gasteiger partial charge in [0.05, 0.1) is 0 Å². The first kappa shape index (κ1) is 13.0. The smallest absolute Gasteiger partial charge is 0 e. The molecule has 0 atom stereocenters. The molecule has 0 amide bonds. The zero-order valence-corrected chi connectivity index (χ0v) is 12.2. The average Bonchev–Trinajstić information content (AvgIpc) is 2.51. The Morgan fingerprint density at radius 3 is 2.73 bits per heavy atom. The van der Waals surface area contributed by atoms with Gasteiger partial charge in [0.25, 0.3) is 0 Å². The Bertz CT molecular complexity index is 431. The van der Waals surface area contributed by atoms with Gasteiger partial charge in [0.15, 0.2) is 0 Å². The molecule has 0 aliphatic heterocycles. The van der Waals surface area contributed by atoms with Crippen molar-refractivity contribution >= 4 is 10.8 Å². The van der Waals surface area contributed by atoms with Crippen LogP contribution in [0.15, 0.2) is 30.3 Å². The second-order valence-electron chi connectivity index (χ2n) is 3.75. The molecule has 15 heavy (non-hydrogen) atoms. The number of nitrogens with one attached hydrogen (secondary N) is 1. The Labute approximate surface area is 116 Å². The number of likely N-dealkylation sites (N-methyl/N-ethyl adjacent to an activating group) is 1. The van der Waals surface area contributed by atoms with Gasteiger partial charge in [-0.25, -0.2) is 0 Å². The van der Waals surface area contributed by atoms with Crippen molar-refractivity contribution in [2.24, 2.45) is 0 Å². The van der Waals surface area contributed by atoms with Gasteiger partial charge in [-0.2, -0.15) is 0 Å². The predicted molar refractivity (Wildman–Crippen MR) is 61.9 cm³/mol. The molecule has 2 aromatic rings. The summed E-state index contributed by atoms with van der Waals surface area (Å²) in [7, 11) is 2.00. The van der Waals surface area contributed by atoms with Gasteiger partial charge in [-0.15, -0.1) is 46.2 Å². The molecule has 0 saturated heterocycles. The second-order valence-corrected chi connectivity index (χ2v) is 3.75. The number of hydrogen-bond donors (Lipinski definition) is 1. The van der Waals surface area contributed by atoms with Gasteiger partial charge >= 0.3 is 0 Å². The number of hydrogen-bond acceptors (Lipinski definition) is 1.